The summed E-state index contributed by atoms with van der Waals surface area (Å²) >= 11 is 1.45. The Kier molecular flexibility index (Phi) is 5.80. The molecule has 0 radical (unpaired) electrons. The lowest BCUT2D eigenvalue weighted by Crippen LogP contribution is -2.35. The zero-order valence-corrected chi connectivity index (χ0v) is 15.1. The number of thiazole rings is 1. The van der Waals surface area contributed by atoms with Crippen LogP contribution in [0.3, 0.4) is 0 Å². The number of aryl methyl sites for hydroxylation is 1. The van der Waals surface area contributed by atoms with E-state index in [9.17, 15) is 9.59 Å². The molecule has 2 heterocycles. The van der Waals surface area contributed by atoms with Gasteiger partial charge in [-0.05, 0) is 31.2 Å². The van der Waals surface area contributed by atoms with E-state index in [1.165, 1.54) is 11.3 Å². The fourth-order valence-electron chi connectivity index (χ4n) is 2.35. The first-order valence-electron chi connectivity index (χ1n) is 8.23. The van der Waals surface area contributed by atoms with Crippen molar-refractivity contribution in [1.82, 2.24) is 15.6 Å². The molecule has 0 saturated carbocycles. The van der Waals surface area contributed by atoms with Gasteiger partial charge in [-0.3, -0.25) is 9.59 Å². The van der Waals surface area contributed by atoms with Crippen LogP contribution in [-0.4, -0.2) is 29.9 Å². The summed E-state index contributed by atoms with van der Waals surface area (Å²) in [6.45, 7) is 2.61. The van der Waals surface area contributed by atoms with Crippen LogP contribution in [-0.2, 0) is 11.2 Å². The van der Waals surface area contributed by atoms with Gasteiger partial charge in [0.1, 0.15) is 5.76 Å². The zero-order valence-electron chi connectivity index (χ0n) is 14.3. The lowest BCUT2D eigenvalue weighted by molar-refractivity contribution is -0.120. The molecule has 0 atom stereocenters. The van der Waals surface area contributed by atoms with Crippen LogP contribution in [0.5, 0.6) is 0 Å². The SMILES string of the molecule is Cc1ccc(-c2nc(CC(=O)NCCNC(=O)c3ccccc3)cs2)o1. The summed E-state index contributed by atoms with van der Waals surface area (Å²) in [7, 11) is 0. The second kappa shape index (κ2) is 8.44. The van der Waals surface area contributed by atoms with Gasteiger partial charge in [-0.1, -0.05) is 18.2 Å². The number of hydrogen-bond acceptors (Lipinski definition) is 5. The Morgan fingerprint density at radius 3 is 2.58 bits per heavy atom. The molecule has 26 heavy (non-hydrogen) atoms. The largest absolute Gasteiger partial charge is 0.459 e. The Morgan fingerprint density at radius 1 is 1.08 bits per heavy atom. The fourth-order valence-corrected chi connectivity index (χ4v) is 3.13. The van der Waals surface area contributed by atoms with E-state index in [0.29, 0.717) is 30.1 Å². The van der Waals surface area contributed by atoms with E-state index in [0.717, 1.165) is 10.8 Å². The van der Waals surface area contributed by atoms with Gasteiger partial charge in [-0.25, -0.2) is 4.98 Å². The van der Waals surface area contributed by atoms with E-state index in [4.69, 9.17) is 4.42 Å². The molecule has 3 aromatic rings. The molecule has 2 aromatic heterocycles. The number of aromatic nitrogens is 1. The predicted molar refractivity (Wildman–Crippen MR) is 100 cm³/mol. The molecule has 6 nitrogen and oxygen atoms in total. The highest BCUT2D eigenvalue weighted by molar-refractivity contribution is 7.13. The van der Waals surface area contributed by atoms with Gasteiger partial charge in [-0.15, -0.1) is 11.3 Å². The van der Waals surface area contributed by atoms with Crippen LogP contribution in [0.15, 0.2) is 52.3 Å². The second-order valence-corrected chi connectivity index (χ2v) is 6.56. The first kappa shape index (κ1) is 17.9. The topological polar surface area (TPSA) is 84.2 Å². The van der Waals surface area contributed by atoms with Gasteiger partial charge in [0, 0.05) is 24.0 Å². The Labute approximate surface area is 155 Å². The highest BCUT2D eigenvalue weighted by Crippen LogP contribution is 2.25. The first-order chi connectivity index (χ1) is 12.6. The Bertz CT molecular complexity index is 886. The summed E-state index contributed by atoms with van der Waals surface area (Å²) < 4.78 is 5.53. The van der Waals surface area contributed by atoms with Gasteiger partial charge in [0.05, 0.1) is 12.1 Å². The minimum Gasteiger partial charge on any atom is -0.459 e. The van der Waals surface area contributed by atoms with Gasteiger partial charge in [0.2, 0.25) is 5.91 Å². The second-order valence-electron chi connectivity index (χ2n) is 5.70. The predicted octanol–water partition coefficient (Wildman–Crippen LogP) is 2.80. The molecule has 0 fully saturated rings. The summed E-state index contributed by atoms with van der Waals surface area (Å²) in [6.07, 6.45) is 0.197. The van der Waals surface area contributed by atoms with Crippen molar-refractivity contribution < 1.29 is 14.0 Å². The Morgan fingerprint density at radius 2 is 1.85 bits per heavy atom. The van der Waals surface area contributed by atoms with Gasteiger partial charge in [0.15, 0.2) is 10.8 Å². The van der Waals surface area contributed by atoms with E-state index in [1.807, 2.05) is 42.6 Å². The summed E-state index contributed by atoms with van der Waals surface area (Å²) in [6, 6.07) is 12.7. The molecule has 0 unspecified atom stereocenters. The fraction of sp³-hybridized carbons (Fsp3) is 0.211. The molecule has 7 heteroatoms. The number of hydrogen-bond donors (Lipinski definition) is 2. The molecular formula is C19H19N3O3S. The maximum atomic E-state index is 12.0. The third-order valence-corrected chi connectivity index (χ3v) is 4.52. The average Bonchev–Trinajstić information content (AvgIpc) is 3.28. The first-order valence-corrected chi connectivity index (χ1v) is 9.11. The molecule has 2 amide bonds. The number of nitrogens with zero attached hydrogens (tertiary/aromatic N) is 1. The van der Waals surface area contributed by atoms with Gasteiger partial charge >= 0.3 is 0 Å². The van der Waals surface area contributed by atoms with Crippen molar-refractivity contribution in [2.45, 2.75) is 13.3 Å². The third kappa shape index (κ3) is 4.80. The van der Waals surface area contributed by atoms with Crippen LogP contribution >= 0.6 is 11.3 Å². The lowest BCUT2D eigenvalue weighted by Gasteiger charge is -2.06. The molecule has 2 N–H and O–H groups in total. The quantitative estimate of drug-likeness (QED) is 0.627. The highest BCUT2D eigenvalue weighted by Gasteiger charge is 2.11. The smallest absolute Gasteiger partial charge is 0.251 e. The standard InChI is InChI=1S/C19H19N3O3S/c1-13-7-8-16(25-13)19-22-15(12-26-19)11-17(23)20-9-10-21-18(24)14-5-3-2-4-6-14/h2-8,12H,9-11H2,1H3,(H,20,23)(H,21,24). The lowest BCUT2D eigenvalue weighted by atomic mass is 10.2. The van der Waals surface area contributed by atoms with Crippen molar-refractivity contribution in [3.63, 3.8) is 0 Å². The zero-order chi connectivity index (χ0) is 18.4. The minimum atomic E-state index is -0.155. The maximum Gasteiger partial charge on any atom is 0.251 e. The highest BCUT2D eigenvalue weighted by atomic mass is 32.1. The molecule has 1 aromatic carbocycles. The average molecular weight is 369 g/mol. The van der Waals surface area contributed by atoms with E-state index in [1.54, 1.807) is 12.1 Å². The van der Waals surface area contributed by atoms with Crippen LogP contribution in [0.25, 0.3) is 10.8 Å². The monoisotopic (exact) mass is 369 g/mol. The molecule has 0 aliphatic rings. The molecule has 0 aliphatic carbocycles. The van der Waals surface area contributed by atoms with Crippen LogP contribution in [0.1, 0.15) is 21.8 Å². The maximum absolute atomic E-state index is 12.0. The summed E-state index contributed by atoms with van der Waals surface area (Å²) in [5, 5.41) is 8.16. The third-order valence-electron chi connectivity index (χ3n) is 3.61. The minimum absolute atomic E-state index is 0.133. The molecule has 0 saturated heterocycles. The van der Waals surface area contributed by atoms with Crippen molar-refractivity contribution in [2.24, 2.45) is 0 Å². The van der Waals surface area contributed by atoms with Gasteiger partial charge in [0.25, 0.3) is 5.91 Å². The van der Waals surface area contributed by atoms with Crippen LogP contribution in [0.4, 0.5) is 0 Å². The summed E-state index contributed by atoms with van der Waals surface area (Å²) in [5.74, 6) is 1.25. The van der Waals surface area contributed by atoms with E-state index in [-0.39, 0.29) is 18.2 Å². The molecule has 0 spiro atoms. The van der Waals surface area contributed by atoms with Crippen molar-refractivity contribution in [3.8, 4) is 10.8 Å². The van der Waals surface area contributed by atoms with Gasteiger partial charge in [-0.2, -0.15) is 0 Å². The summed E-state index contributed by atoms with van der Waals surface area (Å²) in [4.78, 5) is 28.3. The van der Waals surface area contributed by atoms with Crippen LogP contribution in [0.2, 0.25) is 0 Å². The number of carbonyl (C=O) groups is 2. The normalized spacial score (nSPS) is 10.5. The molecule has 0 aliphatic heterocycles. The molecule has 134 valence electrons. The van der Waals surface area contributed by atoms with Crippen molar-refractivity contribution >= 4 is 23.2 Å². The molecule has 0 bridgehead atoms. The number of benzene rings is 1. The van der Waals surface area contributed by atoms with Crippen LogP contribution < -0.4 is 10.6 Å². The Balaban J connectivity index is 1.41. The van der Waals surface area contributed by atoms with Crippen molar-refractivity contribution in [3.05, 3.63) is 64.9 Å². The van der Waals surface area contributed by atoms with Gasteiger partial charge < -0.3 is 15.1 Å². The number of amides is 2. The van der Waals surface area contributed by atoms with E-state index < -0.39 is 0 Å². The molecule has 3 rings (SSSR count). The summed E-state index contributed by atoms with van der Waals surface area (Å²) in [5.41, 5.74) is 1.30. The molecular weight excluding hydrogens is 350 g/mol. The number of rotatable bonds is 7. The number of furan rings is 1. The van der Waals surface area contributed by atoms with Crippen molar-refractivity contribution in [1.29, 1.82) is 0 Å². The van der Waals surface area contributed by atoms with Crippen molar-refractivity contribution in [2.75, 3.05) is 13.1 Å². The van der Waals surface area contributed by atoms with E-state index in [2.05, 4.69) is 15.6 Å². The Hall–Kier alpha value is -2.93. The number of carbonyl (C=O) groups excluding carboxylic acids is 2. The van der Waals surface area contributed by atoms with E-state index >= 15 is 0 Å². The van der Waals surface area contributed by atoms with Crippen LogP contribution in [0, 0.1) is 6.92 Å². The number of nitrogens with one attached hydrogen (secondary N) is 2.